The Morgan fingerprint density at radius 3 is 2.60 bits per heavy atom. The fourth-order valence-electron chi connectivity index (χ4n) is 2.12. The molecule has 106 valence electrons. The first kappa shape index (κ1) is 13.7. The van der Waals surface area contributed by atoms with E-state index in [2.05, 4.69) is 36.3 Å². The summed E-state index contributed by atoms with van der Waals surface area (Å²) in [5.74, 6) is 0.629. The van der Waals surface area contributed by atoms with Gasteiger partial charge in [0.1, 0.15) is 0 Å². The van der Waals surface area contributed by atoms with Crippen molar-refractivity contribution >= 4 is 15.9 Å². The Bertz CT molecular complexity index is 645. The third kappa shape index (κ3) is 2.62. The summed E-state index contributed by atoms with van der Waals surface area (Å²) in [4.78, 5) is 9.04. The molecule has 2 aromatic heterocycles. The van der Waals surface area contributed by atoms with Crippen molar-refractivity contribution in [2.24, 2.45) is 0 Å². The van der Waals surface area contributed by atoms with Gasteiger partial charge in [-0.15, -0.1) is 0 Å². The number of halogens is 1. The second-order valence-electron chi connectivity index (χ2n) is 5.33. The zero-order valence-electron chi connectivity index (χ0n) is 11.9. The molecule has 0 bridgehead atoms. The molecule has 1 aliphatic rings. The molecule has 0 unspecified atom stereocenters. The lowest BCUT2D eigenvalue weighted by molar-refractivity contribution is 0.674. The van der Waals surface area contributed by atoms with E-state index in [1.807, 2.05) is 27.0 Å². The maximum atomic E-state index is 4.59. The number of aryl methyl sites for hydroxylation is 2. The second kappa shape index (κ2) is 5.26. The summed E-state index contributed by atoms with van der Waals surface area (Å²) in [6.07, 6.45) is 4.48. The molecule has 2 heterocycles. The number of hydrogen-bond acceptors (Lipinski definition) is 4. The Morgan fingerprint density at radius 2 is 2.05 bits per heavy atom. The molecule has 3 rings (SSSR count). The lowest BCUT2D eigenvalue weighted by atomic mass is 10.2. The van der Waals surface area contributed by atoms with Crippen molar-refractivity contribution < 1.29 is 0 Å². The fourth-order valence-corrected chi connectivity index (χ4v) is 2.36. The van der Waals surface area contributed by atoms with E-state index in [0.29, 0.717) is 12.0 Å². The van der Waals surface area contributed by atoms with Crippen LogP contribution in [-0.4, -0.2) is 25.8 Å². The molecule has 20 heavy (non-hydrogen) atoms. The first-order valence-electron chi connectivity index (χ1n) is 6.84. The van der Waals surface area contributed by atoms with Crippen molar-refractivity contribution in [3.05, 3.63) is 33.3 Å². The van der Waals surface area contributed by atoms with Crippen molar-refractivity contribution in [3.8, 4) is 5.95 Å². The van der Waals surface area contributed by atoms with E-state index in [1.54, 1.807) is 4.68 Å². The fraction of sp³-hybridized carbons (Fsp3) is 0.500. The van der Waals surface area contributed by atoms with Gasteiger partial charge in [0.05, 0.1) is 15.9 Å². The largest absolute Gasteiger partial charge is 0.310 e. The van der Waals surface area contributed by atoms with Gasteiger partial charge >= 0.3 is 0 Å². The van der Waals surface area contributed by atoms with E-state index in [9.17, 15) is 0 Å². The van der Waals surface area contributed by atoms with Crippen molar-refractivity contribution in [3.63, 3.8) is 0 Å². The normalized spacial score (nSPS) is 14.8. The molecular formula is C14H18BrN5. The average molecular weight is 336 g/mol. The third-order valence-electron chi connectivity index (χ3n) is 3.62. The molecule has 0 amide bonds. The number of nitrogens with zero attached hydrogens (tertiary/aromatic N) is 4. The first-order valence-corrected chi connectivity index (χ1v) is 7.63. The van der Waals surface area contributed by atoms with Crippen LogP contribution in [0.4, 0.5) is 0 Å². The summed E-state index contributed by atoms with van der Waals surface area (Å²) >= 11 is 3.53. The molecule has 1 saturated carbocycles. The molecule has 5 nitrogen and oxygen atoms in total. The summed E-state index contributed by atoms with van der Waals surface area (Å²) in [7, 11) is 0. The van der Waals surface area contributed by atoms with Crippen LogP contribution < -0.4 is 5.32 Å². The molecule has 6 heteroatoms. The minimum Gasteiger partial charge on any atom is -0.310 e. The molecule has 0 aliphatic heterocycles. The van der Waals surface area contributed by atoms with Gasteiger partial charge in [-0.1, -0.05) is 0 Å². The summed E-state index contributed by atoms with van der Waals surface area (Å²) in [6, 6.07) is 0.695. The summed E-state index contributed by atoms with van der Waals surface area (Å²) in [5.41, 5.74) is 4.13. The predicted octanol–water partition coefficient (Wildman–Crippen LogP) is 2.60. The van der Waals surface area contributed by atoms with Gasteiger partial charge in [0, 0.05) is 30.0 Å². The zero-order chi connectivity index (χ0) is 14.3. The highest BCUT2D eigenvalue weighted by Crippen LogP contribution is 2.22. The molecular weight excluding hydrogens is 318 g/mol. The van der Waals surface area contributed by atoms with Gasteiger partial charge in [-0.25, -0.2) is 14.6 Å². The van der Waals surface area contributed by atoms with Crippen LogP contribution >= 0.6 is 15.9 Å². The maximum absolute atomic E-state index is 4.59. The van der Waals surface area contributed by atoms with E-state index in [0.717, 1.165) is 33.7 Å². The molecule has 1 N–H and O–H groups in total. The van der Waals surface area contributed by atoms with Gasteiger partial charge in [-0.3, -0.25) is 0 Å². The van der Waals surface area contributed by atoms with Crippen LogP contribution in [0.2, 0.25) is 0 Å². The predicted molar refractivity (Wildman–Crippen MR) is 80.9 cm³/mol. The van der Waals surface area contributed by atoms with Gasteiger partial charge in [-0.2, -0.15) is 5.10 Å². The Hall–Kier alpha value is -1.27. The number of nitrogens with one attached hydrogen (secondary N) is 1. The topological polar surface area (TPSA) is 55.6 Å². The average Bonchev–Trinajstić information content (AvgIpc) is 3.21. The van der Waals surface area contributed by atoms with Gasteiger partial charge < -0.3 is 5.32 Å². The molecule has 1 fully saturated rings. The molecule has 0 radical (unpaired) electrons. The Morgan fingerprint density at radius 1 is 1.30 bits per heavy atom. The van der Waals surface area contributed by atoms with Gasteiger partial charge in [-0.05, 0) is 49.5 Å². The van der Waals surface area contributed by atoms with Crippen LogP contribution in [0.1, 0.15) is 35.5 Å². The highest BCUT2D eigenvalue weighted by molar-refractivity contribution is 9.10. The van der Waals surface area contributed by atoms with Crippen LogP contribution in [0.3, 0.4) is 0 Å². The van der Waals surface area contributed by atoms with Crippen LogP contribution in [0.25, 0.3) is 5.95 Å². The molecule has 0 spiro atoms. The van der Waals surface area contributed by atoms with Gasteiger partial charge in [0.2, 0.25) is 0 Å². The molecule has 2 aromatic rings. The minimum absolute atomic E-state index is 0.629. The Balaban J connectivity index is 1.86. The van der Waals surface area contributed by atoms with Crippen LogP contribution in [0.15, 0.2) is 10.7 Å². The SMILES string of the molecule is Cc1nc(-n2nc(C)c(Br)c2C)ncc1CNC1CC1. The van der Waals surface area contributed by atoms with Crippen molar-refractivity contribution in [1.29, 1.82) is 0 Å². The zero-order valence-corrected chi connectivity index (χ0v) is 13.5. The number of rotatable bonds is 4. The lowest BCUT2D eigenvalue weighted by Crippen LogP contribution is -2.17. The summed E-state index contributed by atoms with van der Waals surface area (Å²) < 4.78 is 2.79. The monoisotopic (exact) mass is 335 g/mol. The molecule has 0 saturated heterocycles. The smallest absolute Gasteiger partial charge is 0.251 e. The van der Waals surface area contributed by atoms with E-state index in [1.165, 1.54) is 12.8 Å². The van der Waals surface area contributed by atoms with Crippen molar-refractivity contribution in [1.82, 2.24) is 25.1 Å². The van der Waals surface area contributed by atoms with E-state index in [4.69, 9.17) is 0 Å². The van der Waals surface area contributed by atoms with E-state index in [-0.39, 0.29) is 0 Å². The molecule has 0 aromatic carbocycles. The van der Waals surface area contributed by atoms with Crippen LogP contribution in [0, 0.1) is 20.8 Å². The van der Waals surface area contributed by atoms with Crippen LogP contribution in [-0.2, 0) is 6.54 Å². The van der Waals surface area contributed by atoms with Crippen molar-refractivity contribution in [2.45, 2.75) is 46.2 Å². The quantitative estimate of drug-likeness (QED) is 0.933. The Labute approximate surface area is 127 Å². The third-order valence-corrected chi connectivity index (χ3v) is 4.77. The van der Waals surface area contributed by atoms with E-state index < -0.39 is 0 Å². The van der Waals surface area contributed by atoms with E-state index >= 15 is 0 Å². The first-order chi connectivity index (χ1) is 9.56. The standard InChI is InChI=1S/C14H18BrN5/c1-8-11(6-16-12-4-5-12)7-17-14(18-8)20-10(3)13(15)9(2)19-20/h7,12,16H,4-6H2,1-3H3. The Kier molecular flexibility index (Phi) is 3.60. The number of hydrogen-bond donors (Lipinski definition) is 1. The van der Waals surface area contributed by atoms with Crippen LogP contribution in [0.5, 0.6) is 0 Å². The molecule has 0 atom stereocenters. The highest BCUT2D eigenvalue weighted by Gasteiger charge is 2.20. The van der Waals surface area contributed by atoms with Gasteiger partial charge in [0.25, 0.3) is 5.95 Å². The minimum atomic E-state index is 0.629. The molecule has 1 aliphatic carbocycles. The van der Waals surface area contributed by atoms with Crippen molar-refractivity contribution in [2.75, 3.05) is 0 Å². The number of aromatic nitrogens is 4. The second-order valence-corrected chi connectivity index (χ2v) is 6.13. The summed E-state index contributed by atoms with van der Waals surface area (Å²) in [5, 5.41) is 7.95. The maximum Gasteiger partial charge on any atom is 0.251 e. The highest BCUT2D eigenvalue weighted by atomic mass is 79.9. The van der Waals surface area contributed by atoms with Gasteiger partial charge in [0.15, 0.2) is 0 Å². The lowest BCUT2D eigenvalue weighted by Gasteiger charge is -2.08. The summed E-state index contributed by atoms with van der Waals surface area (Å²) in [6.45, 7) is 6.84.